The largest absolute Gasteiger partial charge is 0.452 e. The molecule has 0 aliphatic heterocycles. The standard InChI is InChI=1S/C25H23ClN4O3/c1-14-10-15(2)23(19(26)11-14)28-21(31)13-33-25(32)18-12-20(17-8-6-5-7-9-17)27-24-22(18)16(3)29-30(24)4/h5-12H,13H2,1-4H3,(H,28,31). The van der Waals surface area contributed by atoms with Gasteiger partial charge in [-0.05, 0) is 44.0 Å². The maximum atomic E-state index is 13.0. The van der Waals surface area contributed by atoms with Crippen LogP contribution in [0.2, 0.25) is 5.02 Å². The van der Waals surface area contributed by atoms with Crippen molar-refractivity contribution >= 4 is 40.2 Å². The first-order chi connectivity index (χ1) is 15.7. The first-order valence-electron chi connectivity index (χ1n) is 10.4. The van der Waals surface area contributed by atoms with Crippen LogP contribution in [0.4, 0.5) is 5.69 Å². The van der Waals surface area contributed by atoms with E-state index in [4.69, 9.17) is 16.3 Å². The molecule has 0 fully saturated rings. The number of hydrogen-bond acceptors (Lipinski definition) is 5. The Morgan fingerprint density at radius 3 is 2.52 bits per heavy atom. The zero-order valence-corrected chi connectivity index (χ0v) is 19.5. The summed E-state index contributed by atoms with van der Waals surface area (Å²) in [4.78, 5) is 30.2. The highest BCUT2D eigenvalue weighted by Crippen LogP contribution is 2.28. The number of anilines is 1. The Morgan fingerprint density at radius 2 is 1.82 bits per heavy atom. The van der Waals surface area contributed by atoms with Crippen LogP contribution in [0.5, 0.6) is 0 Å². The lowest BCUT2D eigenvalue weighted by Gasteiger charge is -2.12. The third-order valence-corrected chi connectivity index (χ3v) is 5.59. The van der Waals surface area contributed by atoms with Crippen molar-refractivity contribution < 1.29 is 14.3 Å². The number of pyridine rings is 1. The summed E-state index contributed by atoms with van der Waals surface area (Å²) in [5.74, 6) is -1.11. The summed E-state index contributed by atoms with van der Waals surface area (Å²) in [7, 11) is 1.77. The summed E-state index contributed by atoms with van der Waals surface area (Å²) < 4.78 is 7.00. The average Bonchev–Trinajstić information content (AvgIpc) is 3.08. The number of nitrogens with zero attached hydrogens (tertiary/aromatic N) is 3. The molecular formula is C25H23ClN4O3. The first-order valence-corrected chi connectivity index (χ1v) is 10.8. The number of rotatable bonds is 5. The molecule has 0 unspecified atom stereocenters. The van der Waals surface area contributed by atoms with Crippen LogP contribution >= 0.6 is 11.6 Å². The molecule has 4 rings (SSSR count). The van der Waals surface area contributed by atoms with Gasteiger partial charge in [-0.3, -0.25) is 9.48 Å². The summed E-state index contributed by atoms with van der Waals surface area (Å²) in [5.41, 5.74) is 5.31. The molecule has 8 heteroatoms. The molecule has 0 radical (unpaired) electrons. The molecule has 0 saturated heterocycles. The van der Waals surface area contributed by atoms with E-state index in [1.807, 2.05) is 50.2 Å². The second-order valence-corrected chi connectivity index (χ2v) is 8.30. The molecular weight excluding hydrogens is 440 g/mol. The number of aryl methyl sites for hydroxylation is 4. The van der Waals surface area contributed by atoms with E-state index < -0.39 is 18.5 Å². The normalized spacial score (nSPS) is 10.9. The van der Waals surface area contributed by atoms with Gasteiger partial charge >= 0.3 is 5.97 Å². The Hall–Kier alpha value is -3.71. The Balaban J connectivity index is 1.60. The molecule has 0 aliphatic carbocycles. The molecule has 1 N–H and O–H groups in total. The smallest absolute Gasteiger partial charge is 0.339 e. The molecule has 2 aromatic heterocycles. The van der Waals surface area contributed by atoms with Gasteiger partial charge in [0.2, 0.25) is 0 Å². The number of benzene rings is 2. The molecule has 0 saturated carbocycles. The van der Waals surface area contributed by atoms with Crippen LogP contribution in [0.1, 0.15) is 27.2 Å². The number of hydrogen-bond donors (Lipinski definition) is 1. The van der Waals surface area contributed by atoms with Crippen LogP contribution in [0.15, 0.2) is 48.5 Å². The number of amides is 1. The monoisotopic (exact) mass is 462 g/mol. The van der Waals surface area contributed by atoms with Gasteiger partial charge < -0.3 is 10.1 Å². The van der Waals surface area contributed by atoms with E-state index in [9.17, 15) is 9.59 Å². The number of ether oxygens (including phenoxy) is 1. The van der Waals surface area contributed by atoms with Gasteiger partial charge in [-0.1, -0.05) is 48.0 Å². The van der Waals surface area contributed by atoms with Crippen LogP contribution in [-0.4, -0.2) is 33.2 Å². The third kappa shape index (κ3) is 4.59. The van der Waals surface area contributed by atoms with Gasteiger partial charge in [0.15, 0.2) is 12.3 Å². The Labute approximate surface area is 196 Å². The van der Waals surface area contributed by atoms with E-state index in [0.29, 0.717) is 38.7 Å². The van der Waals surface area contributed by atoms with Gasteiger partial charge in [0.25, 0.3) is 5.91 Å². The highest BCUT2D eigenvalue weighted by molar-refractivity contribution is 6.34. The van der Waals surface area contributed by atoms with E-state index in [2.05, 4.69) is 15.4 Å². The quantitative estimate of drug-likeness (QED) is 0.421. The highest BCUT2D eigenvalue weighted by atomic mass is 35.5. The van der Waals surface area contributed by atoms with Crippen molar-refractivity contribution in [3.05, 3.63) is 75.9 Å². The number of esters is 1. The molecule has 4 aromatic rings. The zero-order chi connectivity index (χ0) is 23.7. The molecule has 0 aliphatic rings. The predicted octanol–water partition coefficient (Wildman–Crippen LogP) is 5.01. The lowest BCUT2D eigenvalue weighted by atomic mass is 10.1. The summed E-state index contributed by atoms with van der Waals surface area (Å²) in [6.07, 6.45) is 0. The van der Waals surface area contributed by atoms with Crippen molar-refractivity contribution in [1.29, 1.82) is 0 Å². The summed E-state index contributed by atoms with van der Waals surface area (Å²) in [5, 5.41) is 8.15. The molecule has 2 heterocycles. The van der Waals surface area contributed by atoms with E-state index in [-0.39, 0.29) is 0 Å². The van der Waals surface area contributed by atoms with Gasteiger partial charge in [-0.25, -0.2) is 9.78 Å². The van der Waals surface area contributed by atoms with Crippen LogP contribution in [0, 0.1) is 20.8 Å². The molecule has 168 valence electrons. The third-order valence-electron chi connectivity index (χ3n) is 5.29. The molecule has 0 spiro atoms. The summed E-state index contributed by atoms with van der Waals surface area (Å²) >= 11 is 6.26. The number of halogens is 1. The Morgan fingerprint density at radius 1 is 1.09 bits per heavy atom. The van der Waals surface area contributed by atoms with Gasteiger partial charge in [0.05, 0.1) is 33.0 Å². The van der Waals surface area contributed by atoms with Gasteiger partial charge in [-0.2, -0.15) is 5.10 Å². The topological polar surface area (TPSA) is 86.1 Å². The van der Waals surface area contributed by atoms with E-state index in [1.165, 1.54) is 0 Å². The SMILES string of the molecule is Cc1cc(C)c(NC(=O)COC(=O)c2cc(-c3ccccc3)nc3c2c(C)nn3C)c(Cl)c1. The van der Waals surface area contributed by atoms with E-state index in [1.54, 1.807) is 30.8 Å². The van der Waals surface area contributed by atoms with Crippen LogP contribution in [-0.2, 0) is 16.6 Å². The van der Waals surface area contributed by atoms with Gasteiger partial charge in [0, 0.05) is 12.6 Å². The number of fused-ring (bicyclic) bond motifs is 1. The van der Waals surface area contributed by atoms with E-state index in [0.717, 1.165) is 16.7 Å². The van der Waals surface area contributed by atoms with Crippen LogP contribution in [0.25, 0.3) is 22.3 Å². The molecule has 0 bridgehead atoms. The molecule has 1 amide bonds. The van der Waals surface area contributed by atoms with Crippen molar-refractivity contribution in [2.75, 3.05) is 11.9 Å². The van der Waals surface area contributed by atoms with Crippen molar-refractivity contribution in [1.82, 2.24) is 14.8 Å². The predicted molar refractivity (Wildman–Crippen MR) is 129 cm³/mol. The zero-order valence-electron chi connectivity index (χ0n) is 18.8. The second kappa shape index (κ2) is 9.03. The minimum atomic E-state index is -0.627. The summed E-state index contributed by atoms with van der Waals surface area (Å²) in [6, 6.07) is 14.9. The molecule has 7 nitrogen and oxygen atoms in total. The molecule has 2 aromatic carbocycles. The lowest BCUT2D eigenvalue weighted by Crippen LogP contribution is -2.22. The fraction of sp³-hybridized carbons (Fsp3) is 0.200. The summed E-state index contributed by atoms with van der Waals surface area (Å²) in [6.45, 7) is 5.13. The minimum Gasteiger partial charge on any atom is -0.452 e. The van der Waals surface area contributed by atoms with Gasteiger partial charge in [0.1, 0.15) is 0 Å². The van der Waals surface area contributed by atoms with Gasteiger partial charge in [-0.15, -0.1) is 0 Å². The molecule has 0 atom stereocenters. The number of carbonyl (C=O) groups excluding carboxylic acids is 2. The van der Waals surface area contributed by atoms with Crippen molar-refractivity contribution in [2.24, 2.45) is 7.05 Å². The maximum Gasteiger partial charge on any atom is 0.339 e. The number of aromatic nitrogens is 3. The Bertz CT molecular complexity index is 1360. The lowest BCUT2D eigenvalue weighted by molar-refractivity contribution is -0.119. The van der Waals surface area contributed by atoms with Crippen molar-refractivity contribution in [3.8, 4) is 11.3 Å². The second-order valence-electron chi connectivity index (χ2n) is 7.89. The van der Waals surface area contributed by atoms with Crippen molar-refractivity contribution in [2.45, 2.75) is 20.8 Å². The first kappa shape index (κ1) is 22.5. The van der Waals surface area contributed by atoms with Crippen LogP contribution in [0.3, 0.4) is 0 Å². The fourth-order valence-corrected chi connectivity index (χ4v) is 4.19. The minimum absolute atomic E-state index is 0.307. The Kier molecular flexibility index (Phi) is 6.16. The maximum absolute atomic E-state index is 13.0. The van der Waals surface area contributed by atoms with Crippen molar-refractivity contribution in [3.63, 3.8) is 0 Å². The highest BCUT2D eigenvalue weighted by Gasteiger charge is 2.21. The average molecular weight is 463 g/mol. The number of carbonyl (C=O) groups is 2. The van der Waals surface area contributed by atoms with E-state index >= 15 is 0 Å². The fourth-order valence-electron chi connectivity index (χ4n) is 3.82. The molecule has 33 heavy (non-hydrogen) atoms. The number of nitrogens with one attached hydrogen (secondary N) is 1. The van der Waals surface area contributed by atoms with Crippen LogP contribution < -0.4 is 5.32 Å².